The standard InChI is InChI=1S/C10H11F2N3O2/c11-6-1-2-8(12)7(5-6)10(16)14-4-3-9(13)15-17/h1-2,5,17H,3-4H2,(H2,13,15)(H,14,16). The first-order valence-corrected chi connectivity index (χ1v) is 4.74. The Morgan fingerprint density at radius 3 is 2.82 bits per heavy atom. The molecule has 0 unspecified atom stereocenters. The van der Waals surface area contributed by atoms with E-state index in [1.165, 1.54) is 0 Å². The van der Waals surface area contributed by atoms with Gasteiger partial charge in [0.25, 0.3) is 5.91 Å². The molecular formula is C10H11F2N3O2. The Kier molecular flexibility index (Phi) is 4.38. The molecule has 0 aromatic heterocycles. The molecule has 92 valence electrons. The molecular weight excluding hydrogens is 232 g/mol. The van der Waals surface area contributed by atoms with E-state index >= 15 is 0 Å². The van der Waals surface area contributed by atoms with Gasteiger partial charge in [0.15, 0.2) is 0 Å². The van der Waals surface area contributed by atoms with E-state index in [-0.39, 0.29) is 24.4 Å². The van der Waals surface area contributed by atoms with E-state index in [2.05, 4.69) is 10.5 Å². The second-order valence-corrected chi connectivity index (χ2v) is 3.22. The highest BCUT2D eigenvalue weighted by atomic mass is 19.1. The zero-order chi connectivity index (χ0) is 12.8. The Morgan fingerprint density at radius 1 is 1.47 bits per heavy atom. The number of nitrogens with zero attached hydrogens (tertiary/aromatic N) is 1. The molecule has 0 saturated carbocycles. The topological polar surface area (TPSA) is 87.7 Å². The van der Waals surface area contributed by atoms with Gasteiger partial charge in [0, 0.05) is 13.0 Å². The summed E-state index contributed by atoms with van der Waals surface area (Å²) in [6, 6.07) is 2.59. The van der Waals surface area contributed by atoms with Crippen LogP contribution >= 0.6 is 0 Å². The van der Waals surface area contributed by atoms with Crippen LogP contribution in [0.25, 0.3) is 0 Å². The number of oxime groups is 1. The van der Waals surface area contributed by atoms with Gasteiger partial charge in [0.1, 0.15) is 17.5 Å². The number of carbonyl (C=O) groups excluding carboxylic acids is 1. The van der Waals surface area contributed by atoms with E-state index in [1.54, 1.807) is 0 Å². The third-order valence-electron chi connectivity index (χ3n) is 1.97. The summed E-state index contributed by atoms with van der Waals surface area (Å²) in [7, 11) is 0. The molecule has 4 N–H and O–H groups in total. The zero-order valence-corrected chi connectivity index (χ0v) is 8.78. The van der Waals surface area contributed by atoms with Crippen molar-refractivity contribution in [2.24, 2.45) is 10.9 Å². The second kappa shape index (κ2) is 5.78. The van der Waals surface area contributed by atoms with Gasteiger partial charge >= 0.3 is 0 Å². The maximum atomic E-state index is 13.2. The fraction of sp³-hybridized carbons (Fsp3) is 0.200. The zero-order valence-electron chi connectivity index (χ0n) is 8.78. The van der Waals surface area contributed by atoms with Crippen LogP contribution in [0.1, 0.15) is 16.8 Å². The predicted molar refractivity (Wildman–Crippen MR) is 56.7 cm³/mol. The number of hydrogen-bond donors (Lipinski definition) is 3. The lowest BCUT2D eigenvalue weighted by molar-refractivity contribution is 0.0950. The Labute approximate surface area is 95.9 Å². The Hall–Kier alpha value is -2.18. The fourth-order valence-corrected chi connectivity index (χ4v) is 1.12. The molecule has 0 aliphatic carbocycles. The van der Waals surface area contributed by atoms with E-state index < -0.39 is 17.5 Å². The van der Waals surface area contributed by atoms with E-state index in [0.717, 1.165) is 18.2 Å². The summed E-state index contributed by atoms with van der Waals surface area (Å²) in [6.45, 7) is 0.0602. The van der Waals surface area contributed by atoms with Gasteiger partial charge in [-0.15, -0.1) is 0 Å². The molecule has 0 aliphatic heterocycles. The number of halogens is 2. The number of benzene rings is 1. The van der Waals surface area contributed by atoms with Crippen molar-refractivity contribution < 1.29 is 18.8 Å². The van der Waals surface area contributed by atoms with Gasteiger partial charge in [-0.2, -0.15) is 0 Å². The van der Waals surface area contributed by atoms with Gasteiger partial charge in [-0.05, 0) is 18.2 Å². The molecule has 1 rings (SSSR count). The molecule has 17 heavy (non-hydrogen) atoms. The molecule has 0 spiro atoms. The number of rotatable bonds is 4. The highest BCUT2D eigenvalue weighted by Gasteiger charge is 2.12. The number of hydrogen-bond acceptors (Lipinski definition) is 3. The number of nitrogens with one attached hydrogen (secondary N) is 1. The van der Waals surface area contributed by atoms with Crippen molar-refractivity contribution in [1.29, 1.82) is 0 Å². The van der Waals surface area contributed by atoms with Crippen molar-refractivity contribution in [2.45, 2.75) is 6.42 Å². The van der Waals surface area contributed by atoms with E-state index in [4.69, 9.17) is 10.9 Å². The average Bonchev–Trinajstić information content (AvgIpc) is 2.31. The minimum absolute atomic E-state index is 0.0602. The first-order chi connectivity index (χ1) is 8.04. The lowest BCUT2D eigenvalue weighted by atomic mass is 10.2. The molecule has 1 amide bonds. The van der Waals surface area contributed by atoms with Crippen molar-refractivity contribution in [2.75, 3.05) is 6.54 Å². The molecule has 1 aromatic carbocycles. The van der Waals surface area contributed by atoms with Crippen LogP contribution < -0.4 is 11.1 Å². The Balaban J connectivity index is 2.61. The summed E-state index contributed by atoms with van der Waals surface area (Å²) >= 11 is 0. The van der Waals surface area contributed by atoms with E-state index in [1.807, 2.05) is 0 Å². The molecule has 0 heterocycles. The van der Waals surface area contributed by atoms with Gasteiger partial charge in [-0.3, -0.25) is 4.79 Å². The van der Waals surface area contributed by atoms with Crippen LogP contribution in [0.4, 0.5) is 8.78 Å². The summed E-state index contributed by atoms with van der Waals surface area (Å²) in [4.78, 5) is 11.4. The SMILES string of the molecule is NC(CCNC(=O)c1cc(F)ccc1F)=NO. The van der Waals surface area contributed by atoms with Gasteiger partial charge in [-0.25, -0.2) is 8.78 Å². The van der Waals surface area contributed by atoms with Crippen molar-refractivity contribution in [3.8, 4) is 0 Å². The maximum Gasteiger partial charge on any atom is 0.254 e. The number of nitrogens with two attached hydrogens (primary N) is 1. The van der Waals surface area contributed by atoms with Crippen LogP contribution in [0.2, 0.25) is 0 Å². The summed E-state index contributed by atoms with van der Waals surface area (Å²) < 4.78 is 25.9. The molecule has 7 heteroatoms. The highest BCUT2D eigenvalue weighted by Crippen LogP contribution is 2.09. The lowest BCUT2D eigenvalue weighted by Crippen LogP contribution is -2.28. The quantitative estimate of drug-likeness (QED) is 0.317. The van der Waals surface area contributed by atoms with Gasteiger partial charge < -0.3 is 16.3 Å². The normalized spacial score (nSPS) is 11.3. The highest BCUT2D eigenvalue weighted by molar-refractivity contribution is 5.94. The molecule has 0 fully saturated rings. The molecule has 1 aromatic rings. The summed E-state index contributed by atoms with van der Waals surface area (Å²) in [5, 5.41) is 13.3. The number of carbonyl (C=O) groups is 1. The van der Waals surface area contributed by atoms with Crippen molar-refractivity contribution in [3.05, 3.63) is 35.4 Å². The fourth-order valence-electron chi connectivity index (χ4n) is 1.12. The number of amides is 1. The Bertz CT molecular complexity index is 449. The smallest absolute Gasteiger partial charge is 0.254 e. The van der Waals surface area contributed by atoms with Gasteiger partial charge in [-0.1, -0.05) is 5.16 Å². The van der Waals surface area contributed by atoms with Gasteiger partial charge in [0.05, 0.1) is 5.56 Å². The van der Waals surface area contributed by atoms with Crippen molar-refractivity contribution >= 4 is 11.7 Å². The molecule has 0 radical (unpaired) electrons. The van der Waals surface area contributed by atoms with Gasteiger partial charge in [0.2, 0.25) is 0 Å². The van der Waals surface area contributed by atoms with Crippen LogP contribution in [-0.4, -0.2) is 23.5 Å². The minimum Gasteiger partial charge on any atom is -0.409 e. The van der Waals surface area contributed by atoms with Crippen LogP contribution in [-0.2, 0) is 0 Å². The van der Waals surface area contributed by atoms with Crippen LogP contribution in [0.15, 0.2) is 23.4 Å². The lowest BCUT2D eigenvalue weighted by Gasteiger charge is -2.05. The predicted octanol–water partition coefficient (Wildman–Crippen LogP) is 0.831. The first-order valence-electron chi connectivity index (χ1n) is 4.74. The minimum atomic E-state index is -0.812. The maximum absolute atomic E-state index is 13.2. The van der Waals surface area contributed by atoms with Crippen LogP contribution in [0.5, 0.6) is 0 Å². The van der Waals surface area contributed by atoms with Crippen LogP contribution in [0.3, 0.4) is 0 Å². The first kappa shape index (κ1) is 12.9. The average molecular weight is 243 g/mol. The largest absolute Gasteiger partial charge is 0.409 e. The molecule has 5 nitrogen and oxygen atoms in total. The van der Waals surface area contributed by atoms with E-state index in [0.29, 0.717) is 0 Å². The Morgan fingerprint density at radius 2 is 2.18 bits per heavy atom. The molecule has 0 saturated heterocycles. The third kappa shape index (κ3) is 3.71. The third-order valence-corrected chi connectivity index (χ3v) is 1.97. The van der Waals surface area contributed by atoms with Crippen molar-refractivity contribution in [1.82, 2.24) is 5.32 Å². The molecule has 0 atom stereocenters. The summed E-state index contributed by atoms with van der Waals surface area (Å²) in [5.74, 6) is -2.33. The summed E-state index contributed by atoms with van der Waals surface area (Å²) in [5.41, 5.74) is 4.78. The molecule has 0 bridgehead atoms. The monoisotopic (exact) mass is 243 g/mol. The van der Waals surface area contributed by atoms with E-state index in [9.17, 15) is 13.6 Å². The van der Waals surface area contributed by atoms with Crippen LogP contribution in [0, 0.1) is 11.6 Å². The number of amidine groups is 1. The molecule has 0 aliphatic rings. The summed E-state index contributed by atoms with van der Waals surface area (Å²) in [6.07, 6.45) is 0.110. The second-order valence-electron chi connectivity index (χ2n) is 3.22. The van der Waals surface area contributed by atoms with Crippen molar-refractivity contribution in [3.63, 3.8) is 0 Å².